The molecule has 1 rings (SSSR count). The number of benzene rings is 1. The molecule has 3 nitrogen and oxygen atoms in total. The molecule has 0 unspecified atom stereocenters. The molecule has 0 saturated carbocycles. The summed E-state index contributed by atoms with van der Waals surface area (Å²) in [5.74, 6) is -1.02. The fourth-order valence-corrected chi connectivity index (χ4v) is 1.63. The van der Waals surface area contributed by atoms with Crippen molar-refractivity contribution in [3.8, 4) is 5.75 Å². The summed E-state index contributed by atoms with van der Waals surface area (Å²) in [6.45, 7) is 3.30. The summed E-state index contributed by atoms with van der Waals surface area (Å²) in [6.07, 6.45) is -0.323. The molecule has 15 heavy (non-hydrogen) atoms. The number of hydrogen-bond donors (Lipinski definition) is 0. The van der Waals surface area contributed by atoms with Gasteiger partial charge in [-0.05, 0) is 32.0 Å². The van der Waals surface area contributed by atoms with Crippen molar-refractivity contribution in [2.24, 2.45) is 0 Å². The Morgan fingerprint density at radius 2 is 1.93 bits per heavy atom. The molecule has 0 amide bonds. The third-order valence-electron chi connectivity index (χ3n) is 1.53. The Kier molecular flexibility index (Phi) is 3.28. The first-order valence-electron chi connectivity index (χ1n) is 4.21. The smallest absolute Gasteiger partial charge is 0.335 e. The molecule has 0 heterocycles. The van der Waals surface area contributed by atoms with E-state index in [-0.39, 0.29) is 11.9 Å². The molecule has 0 aromatic heterocycles. The third kappa shape index (κ3) is 3.16. The fraction of sp³-hybridized carbons (Fsp3) is 0.333. The van der Waals surface area contributed by atoms with Gasteiger partial charge >= 0.3 is 10.2 Å². The summed E-state index contributed by atoms with van der Waals surface area (Å²) in [4.78, 5) is -0.781. The van der Waals surface area contributed by atoms with E-state index in [1.54, 1.807) is 13.8 Å². The van der Waals surface area contributed by atoms with Gasteiger partial charge < -0.3 is 4.74 Å². The van der Waals surface area contributed by atoms with E-state index >= 15 is 0 Å². The lowest BCUT2D eigenvalue weighted by molar-refractivity contribution is 0.235. The predicted molar refractivity (Wildman–Crippen MR) is 50.5 cm³/mol. The van der Waals surface area contributed by atoms with Crippen molar-refractivity contribution in [3.63, 3.8) is 0 Å². The van der Waals surface area contributed by atoms with Crippen LogP contribution in [0.15, 0.2) is 23.1 Å². The van der Waals surface area contributed by atoms with Crippen LogP contribution in [0.3, 0.4) is 0 Å². The highest BCUT2D eigenvalue weighted by atomic mass is 32.3. The number of hydrogen-bond acceptors (Lipinski definition) is 3. The van der Waals surface area contributed by atoms with E-state index in [1.807, 2.05) is 0 Å². The molecule has 0 spiro atoms. The largest absolute Gasteiger partial charge is 0.490 e. The fourth-order valence-electron chi connectivity index (χ4n) is 1.02. The summed E-state index contributed by atoms with van der Waals surface area (Å²) in [5, 5.41) is 0. The lowest BCUT2D eigenvalue weighted by atomic mass is 10.3. The predicted octanol–water partition coefficient (Wildman–Crippen LogP) is 2.27. The second kappa shape index (κ2) is 4.14. The third-order valence-corrected chi connectivity index (χ3v) is 2.38. The molecule has 0 N–H and O–H groups in total. The minimum Gasteiger partial charge on any atom is -0.490 e. The van der Waals surface area contributed by atoms with Gasteiger partial charge in [0.2, 0.25) is 0 Å². The van der Waals surface area contributed by atoms with Crippen molar-refractivity contribution < 1.29 is 21.4 Å². The number of ether oxygens (including phenoxy) is 1. The van der Waals surface area contributed by atoms with Crippen molar-refractivity contribution in [3.05, 3.63) is 24.0 Å². The van der Waals surface area contributed by atoms with Gasteiger partial charge in [-0.2, -0.15) is 8.42 Å². The van der Waals surface area contributed by atoms with Gasteiger partial charge in [-0.3, -0.25) is 0 Å². The number of rotatable bonds is 3. The minimum atomic E-state index is -4.97. The first-order chi connectivity index (χ1) is 6.80. The first kappa shape index (κ1) is 11.9. The second-order valence-electron chi connectivity index (χ2n) is 3.20. The molecule has 1 aromatic carbocycles. The van der Waals surface area contributed by atoms with Crippen LogP contribution in [-0.4, -0.2) is 14.5 Å². The molecule has 0 radical (unpaired) electrons. The highest BCUT2D eigenvalue weighted by molar-refractivity contribution is 7.86. The van der Waals surface area contributed by atoms with Gasteiger partial charge in [-0.25, -0.2) is 4.39 Å². The van der Waals surface area contributed by atoms with Crippen LogP contribution in [0.2, 0.25) is 0 Å². The van der Waals surface area contributed by atoms with E-state index in [1.165, 1.54) is 0 Å². The normalized spacial score (nSPS) is 11.8. The molecule has 84 valence electrons. The molecule has 0 aliphatic rings. The Bertz CT molecular complexity index is 454. The summed E-state index contributed by atoms with van der Waals surface area (Å²) in [7, 11) is -4.97. The lowest BCUT2D eigenvalue weighted by Crippen LogP contribution is -2.08. The van der Waals surface area contributed by atoms with Crippen molar-refractivity contribution >= 4 is 10.2 Å². The average Bonchev–Trinajstić information content (AvgIpc) is 2.05. The maximum Gasteiger partial charge on any atom is 0.335 e. The second-order valence-corrected chi connectivity index (χ2v) is 4.51. The quantitative estimate of drug-likeness (QED) is 0.756. The van der Waals surface area contributed by atoms with Gasteiger partial charge in [0, 0.05) is 0 Å². The zero-order chi connectivity index (χ0) is 11.6. The zero-order valence-corrected chi connectivity index (χ0v) is 9.01. The van der Waals surface area contributed by atoms with E-state index in [9.17, 15) is 16.7 Å². The van der Waals surface area contributed by atoms with Crippen molar-refractivity contribution in [2.45, 2.75) is 24.8 Å². The topological polar surface area (TPSA) is 43.4 Å². The van der Waals surface area contributed by atoms with E-state index in [0.29, 0.717) is 6.07 Å². The van der Waals surface area contributed by atoms with E-state index in [4.69, 9.17) is 4.74 Å². The average molecular weight is 236 g/mol. The molecule has 1 aromatic rings. The Hall–Kier alpha value is -1.17. The Labute approximate surface area is 86.9 Å². The summed E-state index contributed by atoms with van der Waals surface area (Å²) >= 11 is 0. The Balaban J connectivity index is 3.27. The van der Waals surface area contributed by atoms with Gasteiger partial charge in [-0.15, -0.1) is 3.89 Å². The van der Waals surface area contributed by atoms with Crippen LogP contribution in [0, 0.1) is 5.82 Å². The maximum absolute atomic E-state index is 12.7. The monoisotopic (exact) mass is 236 g/mol. The SMILES string of the molecule is CC(C)Oc1ccc(F)cc1S(=O)(=O)F. The molecular formula is C9H10F2O3S. The van der Waals surface area contributed by atoms with Crippen LogP contribution < -0.4 is 4.74 Å². The van der Waals surface area contributed by atoms with E-state index in [0.717, 1.165) is 12.1 Å². The molecule has 0 saturated heterocycles. The van der Waals surface area contributed by atoms with Crippen molar-refractivity contribution in [1.29, 1.82) is 0 Å². The van der Waals surface area contributed by atoms with Gasteiger partial charge in [0.25, 0.3) is 0 Å². The standard InChI is InChI=1S/C9H10F2O3S/c1-6(2)14-8-4-3-7(10)5-9(8)15(11,12)13/h3-6H,1-2H3. The Morgan fingerprint density at radius 1 is 1.33 bits per heavy atom. The summed E-state index contributed by atoms with van der Waals surface area (Å²) in [5.41, 5.74) is 0. The zero-order valence-electron chi connectivity index (χ0n) is 8.20. The molecule has 0 aliphatic heterocycles. The van der Waals surface area contributed by atoms with E-state index < -0.39 is 20.9 Å². The van der Waals surface area contributed by atoms with Crippen LogP contribution in [0.1, 0.15) is 13.8 Å². The van der Waals surface area contributed by atoms with Crippen LogP contribution in [-0.2, 0) is 10.2 Å². The van der Waals surface area contributed by atoms with Crippen LogP contribution in [0.25, 0.3) is 0 Å². The molecule has 0 bridgehead atoms. The van der Waals surface area contributed by atoms with Crippen LogP contribution in [0.4, 0.5) is 8.28 Å². The first-order valence-corrected chi connectivity index (χ1v) is 5.60. The summed E-state index contributed by atoms with van der Waals surface area (Å²) < 4.78 is 51.9. The van der Waals surface area contributed by atoms with Gasteiger partial charge in [0.15, 0.2) is 0 Å². The van der Waals surface area contributed by atoms with Crippen molar-refractivity contribution in [2.75, 3.05) is 0 Å². The molecule has 0 aliphatic carbocycles. The summed E-state index contributed by atoms with van der Waals surface area (Å²) in [6, 6.07) is 2.68. The molecular weight excluding hydrogens is 226 g/mol. The minimum absolute atomic E-state index is 0.186. The number of halogens is 2. The lowest BCUT2D eigenvalue weighted by Gasteiger charge is -2.11. The van der Waals surface area contributed by atoms with Crippen LogP contribution in [0.5, 0.6) is 5.75 Å². The van der Waals surface area contributed by atoms with E-state index in [2.05, 4.69) is 0 Å². The Morgan fingerprint density at radius 3 is 2.40 bits per heavy atom. The van der Waals surface area contributed by atoms with Crippen molar-refractivity contribution in [1.82, 2.24) is 0 Å². The maximum atomic E-state index is 12.7. The van der Waals surface area contributed by atoms with Gasteiger partial charge in [-0.1, -0.05) is 0 Å². The highest BCUT2D eigenvalue weighted by Crippen LogP contribution is 2.27. The molecule has 0 fully saturated rings. The molecule has 0 atom stereocenters. The van der Waals surface area contributed by atoms with Crippen LogP contribution >= 0.6 is 0 Å². The van der Waals surface area contributed by atoms with Gasteiger partial charge in [0.05, 0.1) is 6.10 Å². The van der Waals surface area contributed by atoms with Gasteiger partial charge in [0.1, 0.15) is 16.5 Å². The molecule has 6 heteroatoms. The highest BCUT2D eigenvalue weighted by Gasteiger charge is 2.20.